The van der Waals surface area contributed by atoms with E-state index < -0.39 is 0 Å². The number of hydrogen-bond donors (Lipinski definition) is 1. The molecule has 0 aliphatic rings. The Kier molecular flexibility index (Phi) is 5.57. The van der Waals surface area contributed by atoms with Crippen LogP contribution >= 0.6 is 0 Å². The van der Waals surface area contributed by atoms with E-state index >= 15 is 0 Å². The van der Waals surface area contributed by atoms with Gasteiger partial charge in [0.25, 0.3) is 0 Å². The van der Waals surface area contributed by atoms with Gasteiger partial charge in [-0.25, -0.2) is 0 Å². The van der Waals surface area contributed by atoms with Gasteiger partial charge in [0.15, 0.2) is 0 Å². The number of aryl methyl sites for hydroxylation is 1. The maximum absolute atomic E-state index is 4.19. The summed E-state index contributed by atoms with van der Waals surface area (Å²) in [5, 5.41) is 7.77. The minimum Gasteiger partial charge on any atom is -0.310 e. The summed E-state index contributed by atoms with van der Waals surface area (Å²) < 4.78 is 1.85. The van der Waals surface area contributed by atoms with E-state index in [4.69, 9.17) is 0 Å². The van der Waals surface area contributed by atoms with Gasteiger partial charge in [0, 0.05) is 19.3 Å². The van der Waals surface area contributed by atoms with E-state index in [9.17, 15) is 0 Å². The van der Waals surface area contributed by atoms with Gasteiger partial charge in [-0.1, -0.05) is 38.1 Å². The molecule has 3 nitrogen and oxygen atoms in total. The maximum Gasteiger partial charge on any atom is 0.0522 e. The molecular weight excluding hydrogens is 258 g/mol. The van der Waals surface area contributed by atoms with Crippen LogP contribution in [0.5, 0.6) is 0 Å². The van der Waals surface area contributed by atoms with Crippen LogP contribution in [-0.4, -0.2) is 16.3 Å². The maximum atomic E-state index is 4.19. The lowest BCUT2D eigenvalue weighted by molar-refractivity contribution is 0.576. The largest absolute Gasteiger partial charge is 0.310 e. The molecule has 0 spiro atoms. The van der Waals surface area contributed by atoms with Gasteiger partial charge in [-0.3, -0.25) is 4.68 Å². The first kappa shape index (κ1) is 15.8. The molecule has 0 fully saturated rings. The molecule has 0 bridgehead atoms. The van der Waals surface area contributed by atoms with Crippen LogP contribution in [0.15, 0.2) is 36.7 Å². The van der Waals surface area contributed by atoms with Crippen molar-refractivity contribution in [3.05, 3.63) is 53.3 Å². The van der Waals surface area contributed by atoms with E-state index in [1.807, 2.05) is 17.9 Å². The average molecular weight is 285 g/mol. The van der Waals surface area contributed by atoms with Crippen molar-refractivity contribution in [2.24, 2.45) is 13.0 Å². The van der Waals surface area contributed by atoms with Crippen LogP contribution < -0.4 is 5.32 Å². The summed E-state index contributed by atoms with van der Waals surface area (Å²) >= 11 is 0. The van der Waals surface area contributed by atoms with E-state index in [1.54, 1.807) is 0 Å². The van der Waals surface area contributed by atoms with Crippen molar-refractivity contribution in [2.45, 2.75) is 39.7 Å². The molecule has 0 saturated carbocycles. The van der Waals surface area contributed by atoms with Crippen LogP contribution in [0.1, 0.15) is 43.5 Å². The number of aromatic nitrogens is 2. The third-order valence-corrected chi connectivity index (χ3v) is 3.75. The van der Waals surface area contributed by atoms with E-state index in [-0.39, 0.29) is 0 Å². The monoisotopic (exact) mass is 285 g/mol. The molecule has 114 valence electrons. The van der Waals surface area contributed by atoms with Crippen LogP contribution in [0, 0.1) is 5.92 Å². The zero-order valence-corrected chi connectivity index (χ0v) is 13.6. The quantitative estimate of drug-likeness (QED) is 0.843. The molecule has 21 heavy (non-hydrogen) atoms. The Balaban J connectivity index is 1.81. The molecular formula is C18H27N3. The Morgan fingerprint density at radius 2 is 1.81 bits per heavy atom. The zero-order valence-electron chi connectivity index (χ0n) is 13.6. The molecule has 2 rings (SSSR count). The summed E-state index contributed by atoms with van der Waals surface area (Å²) in [6.07, 6.45) is 6.19. The Morgan fingerprint density at radius 1 is 1.10 bits per heavy atom. The molecule has 0 radical (unpaired) electrons. The van der Waals surface area contributed by atoms with Gasteiger partial charge in [-0.2, -0.15) is 5.10 Å². The first-order chi connectivity index (χ1) is 10.0. The van der Waals surface area contributed by atoms with Crippen LogP contribution in [0.3, 0.4) is 0 Å². The minimum absolute atomic E-state index is 0.384. The fourth-order valence-electron chi connectivity index (χ4n) is 2.57. The van der Waals surface area contributed by atoms with Gasteiger partial charge in [0.1, 0.15) is 0 Å². The molecule has 0 saturated heterocycles. The SMILES string of the molecule is CC(C)Cc1ccc(C(C)NCCc2cnn(C)c2)cc1. The second-order valence-corrected chi connectivity index (χ2v) is 6.29. The average Bonchev–Trinajstić information content (AvgIpc) is 2.84. The molecule has 0 aliphatic carbocycles. The van der Waals surface area contributed by atoms with Crippen LogP contribution in [-0.2, 0) is 19.9 Å². The van der Waals surface area contributed by atoms with Crippen molar-refractivity contribution in [2.75, 3.05) is 6.54 Å². The summed E-state index contributed by atoms with van der Waals surface area (Å²) in [6, 6.07) is 9.40. The van der Waals surface area contributed by atoms with Crippen molar-refractivity contribution < 1.29 is 0 Å². The Hall–Kier alpha value is -1.61. The van der Waals surface area contributed by atoms with Crippen LogP contribution in [0.25, 0.3) is 0 Å². The third kappa shape index (κ3) is 5.01. The fraction of sp³-hybridized carbons (Fsp3) is 0.500. The number of hydrogen-bond acceptors (Lipinski definition) is 2. The van der Waals surface area contributed by atoms with Crippen molar-refractivity contribution >= 4 is 0 Å². The molecule has 2 aromatic rings. The Bertz CT molecular complexity index is 540. The molecule has 1 aromatic heterocycles. The van der Waals surface area contributed by atoms with E-state index in [2.05, 4.69) is 61.6 Å². The van der Waals surface area contributed by atoms with E-state index in [0.717, 1.165) is 19.4 Å². The highest BCUT2D eigenvalue weighted by molar-refractivity contribution is 5.25. The van der Waals surface area contributed by atoms with Gasteiger partial charge in [0.2, 0.25) is 0 Å². The topological polar surface area (TPSA) is 29.9 Å². The van der Waals surface area contributed by atoms with Crippen LogP contribution in [0.4, 0.5) is 0 Å². The van der Waals surface area contributed by atoms with E-state index in [1.165, 1.54) is 16.7 Å². The molecule has 1 atom stereocenters. The van der Waals surface area contributed by atoms with Gasteiger partial charge in [-0.05, 0) is 48.9 Å². The fourth-order valence-corrected chi connectivity index (χ4v) is 2.57. The number of nitrogens with one attached hydrogen (secondary N) is 1. The number of rotatable bonds is 7. The van der Waals surface area contributed by atoms with Crippen molar-refractivity contribution in [3.63, 3.8) is 0 Å². The Morgan fingerprint density at radius 3 is 2.38 bits per heavy atom. The highest BCUT2D eigenvalue weighted by atomic mass is 15.2. The standard InChI is InChI=1S/C18H27N3/c1-14(2)11-16-5-7-18(8-6-16)15(3)19-10-9-17-12-20-21(4)13-17/h5-8,12-15,19H,9-11H2,1-4H3. The summed E-state index contributed by atoms with van der Waals surface area (Å²) in [5.41, 5.74) is 4.06. The predicted octanol–water partition coefficient (Wildman–Crippen LogP) is 3.51. The minimum atomic E-state index is 0.384. The smallest absolute Gasteiger partial charge is 0.0522 e. The molecule has 0 amide bonds. The van der Waals surface area contributed by atoms with Gasteiger partial charge in [-0.15, -0.1) is 0 Å². The zero-order chi connectivity index (χ0) is 15.2. The van der Waals surface area contributed by atoms with Gasteiger partial charge >= 0.3 is 0 Å². The van der Waals surface area contributed by atoms with Crippen molar-refractivity contribution in [1.82, 2.24) is 15.1 Å². The second-order valence-electron chi connectivity index (χ2n) is 6.29. The summed E-state index contributed by atoms with van der Waals surface area (Å²) in [7, 11) is 1.96. The normalized spacial score (nSPS) is 12.8. The first-order valence-corrected chi connectivity index (χ1v) is 7.84. The van der Waals surface area contributed by atoms with Crippen LogP contribution in [0.2, 0.25) is 0 Å². The molecule has 3 heteroatoms. The lowest BCUT2D eigenvalue weighted by Gasteiger charge is -2.15. The van der Waals surface area contributed by atoms with Gasteiger partial charge < -0.3 is 5.32 Å². The van der Waals surface area contributed by atoms with Crippen molar-refractivity contribution in [3.8, 4) is 0 Å². The van der Waals surface area contributed by atoms with E-state index in [0.29, 0.717) is 12.0 Å². The van der Waals surface area contributed by atoms with Gasteiger partial charge in [0.05, 0.1) is 6.20 Å². The first-order valence-electron chi connectivity index (χ1n) is 7.84. The highest BCUT2D eigenvalue weighted by Gasteiger charge is 2.05. The molecule has 1 heterocycles. The summed E-state index contributed by atoms with van der Waals surface area (Å²) in [5.74, 6) is 0.714. The molecule has 0 aliphatic heterocycles. The lowest BCUT2D eigenvalue weighted by Crippen LogP contribution is -2.21. The summed E-state index contributed by atoms with van der Waals surface area (Å²) in [4.78, 5) is 0. The number of nitrogens with zero attached hydrogens (tertiary/aromatic N) is 2. The Labute approximate surface area is 128 Å². The molecule has 1 N–H and O–H groups in total. The molecule has 1 unspecified atom stereocenters. The second kappa shape index (κ2) is 7.41. The highest BCUT2D eigenvalue weighted by Crippen LogP contribution is 2.15. The predicted molar refractivity (Wildman–Crippen MR) is 88.3 cm³/mol. The third-order valence-electron chi connectivity index (χ3n) is 3.75. The number of benzene rings is 1. The molecule has 1 aromatic carbocycles. The lowest BCUT2D eigenvalue weighted by atomic mass is 10.00. The summed E-state index contributed by atoms with van der Waals surface area (Å²) in [6.45, 7) is 7.72. The van der Waals surface area contributed by atoms with Crippen molar-refractivity contribution in [1.29, 1.82) is 0 Å².